The van der Waals surface area contributed by atoms with E-state index in [1.165, 1.54) is 19.0 Å². The van der Waals surface area contributed by atoms with Crippen molar-refractivity contribution in [2.45, 2.75) is 25.9 Å². The Labute approximate surface area is 117 Å². The molecule has 0 atom stereocenters. The van der Waals surface area contributed by atoms with Crippen LogP contribution in [-0.2, 0) is 6.18 Å². The van der Waals surface area contributed by atoms with E-state index in [4.69, 9.17) is 0 Å². The molecule has 0 spiro atoms. The lowest BCUT2D eigenvalue weighted by Gasteiger charge is -2.30. The molecule has 0 aliphatic carbocycles. The first-order valence-corrected chi connectivity index (χ1v) is 6.94. The van der Waals surface area contributed by atoms with Gasteiger partial charge in [-0.3, -0.25) is 0 Å². The van der Waals surface area contributed by atoms with Gasteiger partial charge in [0, 0.05) is 19.3 Å². The smallest absolute Gasteiger partial charge is 0.369 e. The van der Waals surface area contributed by atoms with Crippen molar-refractivity contribution in [2.75, 3.05) is 31.5 Å². The van der Waals surface area contributed by atoms with Gasteiger partial charge in [0.2, 0.25) is 0 Å². The topological polar surface area (TPSA) is 28.2 Å². The van der Waals surface area contributed by atoms with Crippen LogP contribution < -0.4 is 5.32 Å². The molecule has 0 bridgehead atoms. The Bertz CT molecular complexity index is 426. The maximum atomic E-state index is 12.6. The first-order chi connectivity index (χ1) is 9.45. The molecular formula is C14H20F3N3. The van der Waals surface area contributed by atoms with E-state index in [9.17, 15) is 13.2 Å². The van der Waals surface area contributed by atoms with Crippen molar-refractivity contribution in [3.05, 3.63) is 23.9 Å². The SMILES string of the molecule is CC1CCN(CCNc2cc(C(F)(F)F)ccn2)CC1. The van der Waals surface area contributed by atoms with Crippen LogP contribution in [0.1, 0.15) is 25.3 Å². The van der Waals surface area contributed by atoms with Gasteiger partial charge >= 0.3 is 6.18 Å². The van der Waals surface area contributed by atoms with E-state index < -0.39 is 11.7 Å². The third-order valence-corrected chi connectivity index (χ3v) is 3.70. The Morgan fingerprint density at radius 3 is 2.70 bits per heavy atom. The quantitative estimate of drug-likeness (QED) is 0.921. The zero-order chi connectivity index (χ0) is 14.6. The molecule has 1 aliphatic rings. The minimum Gasteiger partial charge on any atom is -0.369 e. The van der Waals surface area contributed by atoms with Crippen LogP contribution in [0, 0.1) is 5.92 Å². The molecule has 1 aromatic heterocycles. The highest BCUT2D eigenvalue weighted by Crippen LogP contribution is 2.29. The molecule has 6 heteroatoms. The fraction of sp³-hybridized carbons (Fsp3) is 0.643. The molecule has 1 aromatic rings. The molecule has 2 heterocycles. The Kier molecular flexibility index (Phi) is 4.86. The lowest BCUT2D eigenvalue weighted by Crippen LogP contribution is -2.36. The summed E-state index contributed by atoms with van der Waals surface area (Å²) in [6, 6.07) is 2.04. The number of hydrogen-bond acceptors (Lipinski definition) is 3. The summed E-state index contributed by atoms with van der Waals surface area (Å²) >= 11 is 0. The van der Waals surface area contributed by atoms with Crippen LogP contribution in [-0.4, -0.2) is 36.1 Å². The lowest BCUT2D eigenvalue weighted by molar-refractivity contribution is -0.137. The van der Waals surface area contributed by atoms with E-state index in [1.807, 2.05) is 0 Å². The molecule has 112 valence electrons. The third kappa shape index (κ3) is 4.37. The number of nitrogens with one attached hydrogen (secondary N) is 1. The number of hydrogen-bond donors (Lipinski definition) is 1. The van der Waals surface area contributed by atoms with E-state index in [2.05, 4.69) is 22.1 Å². The van der Waals surface area contributed by atoms with Gasteiger partial charge in [-0.25, -0.2) is 4.98 Å². The molecule has 0 saturated carbocycles. The first-order valence-electron chi connectivity index (χ1n) is 6.94. The summed E-state index contributed by atoms with van der Waals surface area (Å²) in [4.78, 5) is 6.25. The number of nitrogens with zero attached hydrogens (tertiary/aromatic N) is 2. The lowest BCUT2D eigenvalue weighted by atomic mass is 9.99. The van der Waals surface area contributed by atoms with Crippen molar-refractivity contribution in [3.63, 3.8) is 0 Å². The normalized spacial score (nSPS) is 18.2. The zero-order valence-corrected chi connectivity index (χ0v) is 11.6. The molecule has 0 radical (unpaired) electrons. The first kappa shape index (κ1) is 15.1. The molecule has 1 N–H and O–H groups in total. The van der Waals surface area contributed by atoms with Gasteiger partial charge in [-0.1, -0.05) is 6.92 Å². The Morgan fingerprint density at radius 1 is 1.35 bits per heavy atom. The van der Waals surface area contributed by atoms with Crippen molar-refractivity contribution in [3.8, 4) is 0 Å². The fourth-order valence-corrected chi connectivity index (χ4v) is 2.33. The molecule has 1 fully saturated rings. The molecular weight excluding hydrogens is 267 g/mol. The third-order valence-electron chi connectivity index (χ3n) is 3.70. The molecule has 0 amide bonds. The average Bonchev–Trinajstić information content (AvgIpc) is 2.40. The number of likely N-dealkylation sites (tertiary alicyclic amines) is 1. The monoisotopic (exact) mass is 287 g/mol. The van der Waals surface area contributed by atoms with Crippen molar-refractivity contribution < 1.29 is 13.2 Å². The van der Waals surface area contributed by atoms with Crippen molar-refractivity contribution in [1.82, 2.24) is 9.88 Å². The Balaban J connectivity index is 1.79. The number of halogens is 3. The van der Waals surface area contributed by atoms with E-state index in [0.717, 1.165) is 37.7 Å². The van der Waals surface area contributed by atoms with E-state index >= 15 is 0 Å². The molecule has 2 rings (SSSR count). The standard InChI is InChI=1S/C14H20F3N3/c1-11-3-7-20(8-4-11)9-6-19-13-10-12(2-5-18-13)14(15,16)17/h2,5,10-11H,3-4,6-9H2,1H3,(H,18,19). The number of alkyl halides is 3. The summed E-state index contributed by atoms with van der Waals surface area (Å²) in [7, 11) is 0. The van der Waals surface area contributed by atoms with Crippen LogP contribution in [0.3, 0.4) is 0 Å². The molecule has 20 heavy (non-hydrogen) atoms. The molecule has 0 unspecified atom stereocenters. The van der Waals surface area contributed by atoms with Crippen LogP contribution in [0.25, 0.3) is 0 Å². The maximum absolute atomic E-state index is 12.6. The van der Waals surface area contributed by atoms with Gasteiger partial charge in [0.05, 0.1) is 5.56 Å². The molecule has 0 aromatic carbocycles. The number of piperidine rings is 1. The fourth-order valence-electron chi connectivity index (χ4n) is 2.33. The van der Waals surface area contributed by atoms with E-state index in [-0.39, 0.29) is 5.82 Å². The highest BCUT2D eigenvalue weighted by atomic mass is 19.4. The van der Waals surface area contributed by atoms with Crippen LogP contribution in [0.4, 0.5) is 19.0 Å². The van der Waals surface area contributed by atoms with Crippen molar-refractivity contribution in [2.24, 2.45) is 5.92 Å². The Morgan fingerprint density at radius 2 is 2.05 bits per heavy atom. The van der Waals surface area contributed by atoms with Gasteiger partial charge in [-0.05, 0) is 44.0 Å². The largest absolute Gasteiger partial charge is 0.416 e. The van der Waals surface area contributed by atoms with Crippen LogP contribution >= 0.6 is 0 Å². The second-order valence-electron chi connectivity index (χ2n) is 5.38. The zero-order valence-electron chi connectivity index (χ0n) is 11.6. The van der Waals surface area contributed by atoms with Gasteiger partial charge in [0.25, 0.3) is 0 Å². The summed E-state index contributed by atoms with van der Waals surface area (Å²) in [6.07, 6.45) is -0.736. The molecule has 3 nitrogen and oxygen atoms in total. The highest BCUT2D eigenvalue weighted by Gasteiger charge is 2.30. The second kappa shape index (κ2) is 6.43. The van der Waals surface area contributed by atoms with Gasteiger partial charge in [-0.15, -0.1) is 0 Å². The number of anilines is 1. The Hall–Kier alpha value is -1.30. The highest BCUT2D eigenvalue weighted by molar-refractivity contribution is 5.38. The average molecular weight is 287 g/mol. The minimum absolute atomic E-state index is 0.283. The van der Waals surface area contributed by atoms with Crippen LogP contribution in [0.5, 0.6) is 0 Å². The molecule has 1 saturated heterocycles. The number of pyridine rings is 1. The summed E-state index contributed by atoms with van der Waals surface area (Å²) in [5, 5.41) is 2.96. The van der Waals surface area contributed by atoms with Gasteiger partial charge in [0.1, 0.15) is 5.82 Å². The number of rotatable bonds is 4. The van der Waals surface area contributed by atoms with Crippen LogP contribution in [0.15, 0.2) is 18.3 Å². The van der Waals surface area contributed by atoms with E-state index in [1.54, 1.807) is 0 Å². The predicted octanol–water partition coefficient (Wildman–Crippen LogP) is 3.24. The molecule has 1 aliphatic heterocycles. The summed E-state index contributed by atoms with van der Waals surface area (Å²) in [5.41, 5.74) is -0.665. The van der Waals surface area contributed by atoms with Crippen molar-refractivity contribution >= 4 is 5.82 Å². The number of aromatic nitrogens is 1. The van der Waals surface area contributed by atoms with Crippen LogP contribution in [0.2, 0.25) is 0 Å². The maximum Gasteiger partial charge on any atom is 0.416 e. The van der Waals surface area contributed by atoms with Gasteiger partial charge in [-0.2, -0.15) is 13.2 Å². The van der Waals surface area contributed by atoms with E-state index in [0.29, 0.717) is 6.54 Å². The summed E-state index contributed by atoms with van der Waals surface area (Å²) in [6.45, 7) is 5.84. The van der Waals surface area contributed by atoms with Gasteiger partial charge < -0.3 is 10.2 Å². The summed E-state index contributed by atoms with van der Waals surface area (Å²) < 4.78 is 37.7. The summed E-state index contributed by atoms with van der Waals surface area (Å²) in [5.74, 6) is 1.06. The second-order valence-corrected chi connectivity index (χ2v) is 5.38. The predicted molar refractivity (Wildman–Crippen MR) is 72.6 cm³/mol. The van der Waals surface area contributed by atoms with Crippen molar-refractivity contribution in [1.29, 1.82) is 0 Å². The van der Waals surface area contributed by atoms with Gasteiger partial charge in [0.15, 0.2) is 0 Å². The minimum atomic E-state index is -4.32.